The number of allylic oxidation sites excluding steroid dienone is 3. The molecule has 1 rings (SSSR count). The first kappa shape index (κ1) is 8.39. The zero-order valence-corrected chi connectivity index (χ0v) is 6.66. The van der Waals surface area contributed by atoms with Crippen molar-refractivity contribution in [2.24, 2.45) is 10.7 Å². The predicted octanol–water partition coefficient (Wildman–Crippen LogP) is 0.406. The van der Waals surface area contributed by atoms with Crippen molar-refractivity contribution < 1.29 is 4.79 Å². The highest BCUT2D eigenvalue weighted by molar-refractivity contribution is 6.21. The molecule has 0 aromatic carbocycles. The molecule has 0 aliphatic heterocycles. The van der Waals surface area contributed by atoms with Crippen molar-refractivity contribution in [1.82, 2.24) is 0 Å². The number of rotatable bonds is 0. The lowest BCUT2D eigenvalue weighted by atomic mass is 10.1. The Morgan fingerprint density at radius 1 is 1.58 bits per heavy atom. The Hall–Kier alpha value is -1.71. The van der Waals surface area contributed by atoms with E-state index in [4.69, 9.17) is 11.1 Å². The number of amides is 1. The number of nitrogens with one attached hydrogen (secondary N) is 1. The number of aliphatic imine (C=N–C) groups is 1. The van der Waals surface area contributed by atoms with Crippen molar-refractivity contribution in [3.8, 4) is 0 Å². The van der Waals surface area contributed by atoms with Gasteiger partial charge in [-0.1, -0.05) is 0 Å². The molecule has 4 nitrogen and oxygen atoms in total. The van der Waals surface area contributed by atoms with E-state index in [-0.39, 0.29) is 11.6 Å². The molecule has 1 aliphatic carbocycles. The molecule has 0 bridgehead atoms. The van der Waals surface area contributed by atoms with Crippen molar-refractivity contribution in [1.29, 1.82) is 5.41 Å². The standard InChI is InChI=1S/C8H9N3O/c1-5(12)11-6-2-3-7(9)8(10)4-6/h2-4,9H,10H2,1H3. The SMILES string of the molecule is CC(=O)N=C1C=CC(=N)C(N)=C1. The van der Waals surface area contributed by atoms with Crippen LogP contribution in [0.15, 0.2) is 28.9 Å². The van der Waals surface area contributed by atoms with E-state index in [0.29, 0.717) is 11.4 Å². The number of carbonyl (C=O) groups excluding carboxylic acids is 1. The predicted molar refractivity (Wildman–Crippen MR) is 47.3 cm³/mol. The van der Waals surface area contributed by atoms with E-state index >= 15 is 0 Å². The van der Waals surface area contributed by atoms with Gasteiger partial charge < -0.3 is 5.73 Å². The second kappa shape index (κ2) is 3.13. The van der Waals surface area contributed by atoms with Crippen molar-refractivity contribution in [2.75, 3.05) is 0 Å². The van der Waals surface area contributed by atoms with E-state index in [1.807, 2.05) is 0 Å². The highest BCUT2D eigenvalue weighted by atomic mass is 16.1. The van der Waals surface area contributed by atoms with Gasteiger partial charge in [-0.3, -0.25) is 10.2 Å². The first-order valence-corrected chi connectivity index (χ1v) is 3.43. The van der Waals surface area contributed by atoms with Crippen LogP contribution in [-0.4, -0.2) is 17.3 Å². The third-order valence-electron chi connectivity index (χ3n) is 1.32. The van der Waals surface area contributed by atoms with Crippen molar-refractivity contribution in [3.63, 3.8) is 0 Å². The van der Waals surface area contributed by atoms with Crippen LogP contribution in [0.2, 0.25) is 0 Å². The average Bonchev–Trinajstić information content (AvgIpc) is 1.96. The van der Waals surface area contributed by atoms with Gasteiger partial charge in [0, 0.05) is 6.92 Å². The lowest BCUT2D eigenvalue weighted by Gasteiger charge is -2.04. The maximum Gasteiger partial charge on any atom is 0.243 e. The van der Waals surface area contributed by atoms with Crippen molar-refractivity contribution in [2.45, 2.75) is 6.92 Å². The molecule has 3 N–H and O–H groups in total. The first-order valence-electron chi connectivity index (χ1n) is 3.43. The number of carbonyl (C=O) groups is 1. The van der Waals surface area contributed by atoms with Crippen LogP contribution in [-0.2, 0) is 4.79 Å². The molecule has 4 heteroatoms. The van der Waals surface area contributed by atoms with Gasteiger partial charge in [0.1, 0.15) is 0 Å². The topological polar surface area (TPSA) is 79.3 Å². The molecule has 62 valence electrons. The Balaban J connectivity index is 2.93. The van der Waals surface area contributed by atoms with E-state index in [0.717, 1.165) is 0 Å². The van der Waals surface area contributed by atoms with Crippen LogP contribution in [0.25, 0.3) is 0 Å². The van der Waals surface area contributed by atoms with Gasteiger partial charge >= 0.3 is 0 Å². The molecule has 0 fully saturated rings. The fourth-order valence-corrected chi connectivity index (χ4v) is 0.801. The summed E-state index contributed by atoms with van der Waals surface area (Å²) in [6, 6.07) is 0. The maximum absolute atomic E-state index is 10.6. The van der Waals surface area contributed by atoms with Gasteiger partial charge in [-0.2, -0.15) is 0 Å². The smallest absolute Gasteiger partial charge is 0.243 e. The van der Waals surface area contributed by atoms with E-state index < -0.39 is 0 Å². The Morgan fingerprint density at radius 3 is 2.75 bits per heavy atom. The largest absolute Gasteiger partial charge is 0.397 e. The maximum atomic E-state index is 10.6. The summed E-state index contributed by atoms with van der Waals surface area (Å²) in [5.41, 5.74) is 6.51. The van der Waals surface area contributed by atoms with Gasteiger partial charge in [0.25, 0.3) is 0 Å². The molecule has 12 heavy (non-hydrogen) atoms. The summed E-state index contributed by atoms with van der Waals surface area (Å²) >= 11 is 0. The molecule has 0 saturated heterocycles. The van der Waals surface area contributed by atoms with Crippen LogP contribution in [0.1, 0.15) is 6.92 Å². The zero-order valence-electron chi connectivity index (χ0n) is 6.66. The van der Waals surface area contributed by atoms with Crippen LogP contribution in [0.3, 0.4) is 0 Å². The van der Waals surface area contributed by atoms with E-state index in [9.17, 15) is 4.79 Å². The molecule has 0 unspecified atom stereocenters. The molecule has 0 saturated carbocycles. The minimum Gasteiger partial charge on any atom is -0.397 e. The lowest BCUT2D eigenvalue weighted by molar-refractivity contribution is -0.115. The molecule has 0 heterocycles. The fraction of sp³-hybridized carbons (Fsp3) is 0.125. The summed E-state index contributed by atoms with van der Waals surface area (Å²) in [5.74, 6) is -0.271. The van der Waals surface area contributed by atoms with Gasteiger partial charge in [-0.25, -0.2) is 4.99 Å². The highest BCUT2D eigenvalue weighted by Crippen LogP contribution is 2.00. The number of hydrogen-bond acceptors (Lipinski definition) is 3. The summed E-state index contributed by atoms with van der Waals surface area (Å²) in [6.07, 6.45) is 4.60. The highest BCUT2D eigenvalue weighted by Gasteiger charge is 2.04. The number of nitrogens with two attached hydrogens (primary N) is 1. The zero-order chi connectivity index (χ0) is 9.14. The van der Waals surface area contributed by atoms with Crippen molar-refractivity contribution in [3.05, 3.63) is 23.9 Å². The molecule has 0 atom stereocenters. The minimum absolute atomic E-state index is 0.248. The number of hydrogen-bond donors (Lipinski definition) is 2. The lowest BCUT2D eigenvalue weighted by Crippen LogP contribution is -2.14. The van der Waals surface area contributed by atoms with E-state index in [1.165, 1.54) is 19.1 Å². The van der Waals surface area contributed by atoms with E-state index in [1.54, 1.807) is 6.08 Å². The summed E-state index contributed by atoms with van der Waals surface area (Å²) < 4.78 is 0. The molecule has 1 aliphatic rings. The third kappa shape index (κ3) is 1.88. The molecular formula is C8H9N3O. The minimum atomic E-state index is -0.271. The molecule has 0 aromatic heterocycles. The van der Waals surface area contributed by atoms with Crippen LogP contribution in [0, 0.1) is 5.41 Å². The summed E-state index contributed by atoms with van der Waals surface area (Å²) in [5, 5.41) is 7.25. The monoisotopic (exact) mass is 163 g/mol. The molecule has 1 amide bonds. The molecule has 0 aromatic rings. The van der Waals surface area contributed by atoms with Crippen molar-refractivity contribution >= 4 is 17.3 Å². The Kier molecular flexibility index (Phi) is 2.19. The number of nitrogens with zero attached hydrogens (tertiary/aromatic N) is 1. The quantitative estimate of drug-likeness (QED) is 0.507. The van der Waals surface area contributed by atoms with Gasteiger partial charge in [0.2, 0.25) is 5.91 Å². The molecule has 0 radical (unpaired) electrons. The Morgan fingerprint density at radius 2 is 2.25 bits per heavy atom. The average molecular weight is 163 g/mol. The summed E-state index contributed by atoms with van der Waals surface area (Å²) in [4.78, 5) is 14.2. The Labute approximate surface area is 70.0 Å². The summed E-state index contributed by atoms with van der Waals surface area (Å²) in [6.45, 7) is 1.37. The first-order chi connectivity index (χ1) is 5.59. The Bertz CT molecular complexity index is 323. The van der Waals surface area contributed by atoms with Gasteiger partial charge in [0.15, 0.2) is 0 Å². The second-order valence-electron chi connectivity index (χ2n) is 2.40. The van der Waals surface area contributed by atoms with Crippen LogP contribution in [0.5, 0.6) is 0 Å². The van der Waals surface area contributed by atoms with Gasteiger partial charge in [0.05, 0.1) is 17.1 Å². The normalized spacial score (nSPS) is 19.6. The van der Waals surface area contributed by atoms with Crippen LogP contribution in [0.4, 0.5) is 0 Å². The molecular weight excluding hydrogens is 154 g/mol. The van der Waals surface area contributed by atoms with Gasteiger partial charge in [-0.15, -0.1) is 0 Å². The van der Waals surface area contributed by atoms with E-state index in [2.05, 4.69) is 4.99 Å². The van der Waals surface area contributed by atoms with Crippen LogP contribution >= 0.6 is 0 Å². The third-order valence-corrected chi connectivity index (χ3v) is 1.32. The fourth-order valence-electron chi connectivity index (χ4n) is 0.801. The summed E-state index contributed by atoms with van der Waals surface area (Å²) in [7, 11) is 0. The van der Waals surface area contributed by atoms with Crippen LogP contribution < -0.4 is 5.73 Å². The van der Waals surface area contributed by atoms with Gasteiger partial charge in [-0.05, 0) is 18.2 Å². The second-order valence-corrected chi connectivity index (χ2v) is 2.40. The molecule has 0 spiro atoms.